The summed E-state index contributed by atoms with van der Waals surface area (Å²) in [6, 6.07) is 0. The number of anilines is 1. The van der Waals surface area contributed by atoms with E-state index in [9.17, 15) is 9.90 Å². The third-order valence-corrected chi connectivity index (χ3v) is 5.12. The van der Waals surface area contributed by atoms with Crippen molar-refractivity contribution >= 4 is 38.4 Å². The highest BCUT2D eigenvalue weighted by Gasteiger charge is 2.40. The van der Waals surface area contributed by atoms with Crippen LogP contribution in [0.2, 0.25) is 0 Å². The molecule has 1 N–H and O–H groups in total. The number of nitrogens with zero attached hydrogens (tertiary/aromatic N) is 2. The summed E-state index contributed by atoms with van der Waals surface area (Å²) in [6.07, 6.45) is 3.91. The molecule has 0 aliphatic carbocycles. The molecule has 2 heterocycles. The molecular weight excluding hydrogens is 304 g/mol. The minimum atomic E-state index is -0.653. The number of piperidine rings is 1. The van der Waals surface area contributed by atoms with Crippen LogP contribution in [-0.2, 0) is 4.79 Å². The van der Waals surface area contributed by atoms with Crippen LogP contribution in [0.25, 0.3) is 0 Å². The Bertz CT molecular complexity index is 413. The molecule has 0 radical (unpaired) electrons. The van der Waals surface area contributed by atoms with Crippen LogP contribution in [0.4, 0.5) is 5.13 Å². The maximum Gasteiger partial charge on any atom is 0.309 e. The van der Waals surface area contributed by atoms with Gasteiger partial charge in [0.25, 0.3) is 0 Å². The Kier molecular flexibility index (Phi) is 3.73. The lowest BCUT2D eigenvalue weighted by atomic mass is 9.76. The van der Waals surface area contributed by atoms with E-state index in [1.807, 2.05) is 6.92 Å². The number of halogens is 1. The highest BCUT2D eigenvalue weighted by Crippen LogP contribution is 2.38. The number of thiazole rings is 1. The highest BCUT2D eigenvalue weighted by atomic mass is 79.9. The lowest BCUT2D eigenvalue weighted by molar-refractivity contribution is -0.150. The standard InChI is InChI=1S/C11H15BrN2O2S/c1-2-11(9(15)16)3-5-14(6-4-11)10-13-7-8(12)17-10/h7H,2-6H2,1H3,(H,15,16). The Morgan fingerprint density at radius 3 is 2.71 bits per heavy atom. The maximum absolute atomic E-state index is 11.3. The molecule has 1 aliphatic rings. The first-order chi connectivity index (χ1) is 8.07. The zero-order valence-electron chi connectivity index (χ0n) is 9.65. The first-order valence-corrected chi connectivity index (χ1v) is 7.28. The molecule has 94 valence electrons. The van der Waals surface area contributed by atoms with Gasteiger partial charge < -0.3 is 10.0 Å². The van der Waals surface area contributed by atoms with E-state index in [2.05, 4.69) is 25.8 Å². The Morgan fingerprint density at radius 1 is 1.65 bits per heavy atom. The van der Waals surface area contributed by atoms with Gasteiger partial charge in [0.05, 0.1) is 15.4 Å². The van der Waals surface area contributed by atoms with Gasteiger partial charge in [0.2, 0.25) is 0 Å². The van der Waals surface area contributed by atoms with Crippen molar-refractivity contribution in [2.45, 2.75) is 26.2 Å². The van der Waals surface area contributed by atoms with Gasteiger partial charge in [-0.3, -0.25) is 4.79 Å². The van der Waals surface area contributed by atoms with Gasteiger partial charge in [-0.1, -0.05) is 18.3 Å². The van der Waals surface area contributed by atoms with Crippen LogP contribution in [0, 0.1) is 5.41 Å². The summed E-state index contributed by atoms with van der Waals surface area (Å²) in [5, 5.41) is 10.3. The highest BCUT2D eigenvalue weighted by molar-refractivity contribution is 9.11. The average molecular weight is 319 g/mol. The Balaban J connectivity index is 2.05. The van der Waals surface area contributed by atoms with Gasteiger partial charge in [0.15, 0.2) is 5.13 Å². The summed E-state index contributed by atoms with van der Waals surface area (Å²) in [7, 11) is 0. The van der Waals surface area contributed by atoms with Gasteiger partial charge >= 0.3 is 5.97 Å². The van der Waals surface area contributed by atoms with E-state index in [1.54, 1.807) is 17.5 Å². The van der Waals surface area contributed by atoms with Crippen molar-refractivity contribution < 1.29 is 9.90 Å². The van der Waals surface area contributed by atoms with Crippen LogP contribution in [0.3, 0.4) is 0 Å². The SMILES string of the molecule is CCC1(C(=O)O)CCN(c2ncc(Br)s2)CC1. The predicted octanol–water partition coefficient (Wildman–Crippen LogP) is 2.99. The summed E-state index contributed by atoms with van der Waals surface area (Å²) >= 11 is 4.99. The van der Waals surface area contributed by atoms with Crippen molar-refractivity contribution in [3.05, 3.63) is 9.98 Å². The van der Waals surface area contributed by atoms with Crippen LogP contribution < -0.4 is 4.90 Å². The van der Waals surface area contributed by atoms with E-state index in [4.69, 9.17) is 0 Å². The third-order valence-electron chi connectivity index (χ3n) is 3.59. The summed E-state index contributed by atoms with van der Waals surface area (Å²) < 4.78 is 1.01. The second-order valence-corrected chi connectivity index (χ2v) is 6.76. The monoisotopic (exact) mass is 318 g/mol. The number of aromatic nitrogens is 1. The molecule has 0 unspecified atom stereocenters. The molecule has 0 amide bonds. The van der Waals surface area contributed by atoms with Crippen molar-refractivity contribution in [2.24, 2.45) is 5.41 Å². The fraction of sp³-hybridized carbons (Fsp3) is 0.636. The maximum atomic E-state index is 11.3. The molecule has 0 atom stereocenters. The first-order valence-electron chi connectivity index (χ1n) is 5.67. The van der Waals surface area contributed by atoms with Crippen molar-refractivity contribution in [1.82, 2.24) is 4.98 Å². The largest absolute Gasteiger partial charge is 0.481 e. The van der Waals surface area contributed by atoms with Gasteiger partial charge in [-0.15, -0.1) is 0 Å². The molecule has 1 aliphatic heterocycles. The van der Waals surface area contributed by atoms with Crippen LogP contribution in [0.1, 0.15) is 26.2 Å². The number of hydrogen-bond acceptors (Lipinski definition) is 4. The zero-order valence-corrected chi connectivity index (χ0v) is 12.1. The van der Waals surface area contributed by atoms with Crippen LogP contribution in [-0.4, -0.2) is 29.1 Å². The van der Waals surface area contributed by atoms with E-state index in [1.165, 1.54) is 0 Å². The summed E-state index contributed by atoms with van der Waals surface area (Å²) in [4.78, 5) is 17.8. The molecule has 1 aromatic heterocycles. The molecule has 1 aromatic rings. The van der Waals surface area contributed by atoms with Gasteiger partial charge in [-0.2, -0.15) is 0 Å². The van der Waals surface area contributed by atoms with Crippen LogP contribution >= 0.6 is 27.3 Å². The smallest absolute Gasteiger partial charge is 0.309 e. The normalized spacial score (nSPS) is 19.3. The number of carbonyl (C=O) groups is 1. The molecule has 0 saturated carbocycles. The summed E-state index contributed by atoms with van der Waals surface area (Å²) in [5.41, 5.74) is -0.523. The summed E-state index contributed by atoms with van der Waals surface area (Å²) in [5.74, 6) is -0.653. The van der Waals surface area contributed by atoms with E-state index in [0.29, 0.717) is 19.3 Å². The molecule has 1 saturated heterocycles. The topological polar surface area (TPSA) is 53.4 Å². The van der Waals surface area contributed by atoms with Crippen LogP contribution in [0.15, 0.2) is 9.98 Å². The van der Waals surface area contributed by atoms with E-state index >= 15 is 0 Å². The van der Waals surface area contributed by atoms with E-state index in [-0.39, 0.29) is 0 Å². The lowest BCUT2D eigenvalue weighted by Gasteiger charge is -2.38. The second kappa shape index (κ2) is 4.94. The number of hydrogen-bond donors (Lipinski definition) is 1. The molecule has 2 rings (SSSR count). The second-order valence-electron chi connectivity index (χ2n) is 4.37. The quantitative estimate of drug-likeness (QED) is 0.930. The Labute approximate surface area is 113 Å². The number of rotatable bonds is 3. The molecule has 0 spiro atoms. The fourth-order valence-corrected chi connectivity index (χ4v) is 3.47. The van der Waals surface area contributed by atoms with Gasteiger partial charge in [-0.25, -0.2) is 4.98 Å². The molecule has 17 heavy (non-hydrogen) atoms. The van der Waals surface area contributed by atoms with Crippen molar-refractivity contribution in [3.8, 4) is 0 Å². The van der Waals surface area contributed by atoms with Crippen molar-refractivity contribution in [3.63, 3.8) is 0 Å². The number of carboxylic acids is 1. The minimum absolute atomic E-state index is 0.523. The number of carboxylic acid groups (broad SMARTS) is 1. The molecule has 1 fully saturated rings. The minimum Gasteiger partial charge on any atom is -0.481 e. The number of aliphatic carboxylic acids is 1. The van der Waals surface area contributed by atoms with Gasteiger partial charge in [0.1, 0.15) is 0 Å². The fourth-order valence-electron chi connectivity index (χ4n) is 2.24. The molecular formula is C11H15BrN2O2S. The van der Waals surface area contributed by atoms with Crippen molar-refractivity contribution in [1.29, 1.82) is 0 Å². The molecule has 6 heteroatoms. The third kappa shape index (κ3) is 2.47. The van der Waals surface area contributed by atoms with Crippen molar-refractivity contribution in [2.75, 3.05) is 18.0 Å². The predicted molar refractivity (Wildman–Crippen MR) is 71.6 cm³/mol. The van der Waals surface area contributed by atoms with E-state index in [0.717, 1.165) is 22.0 Å². The lowest BCUT2D eigenvalue weighted by Crippen LogP contribution is -2.44. The average Bonchev–Trinajstić information content (AvgIpc) is 2.76. The zero-order chi connectivity index (χ0) is 12.5. The van der Waals surface area contributed by atoms with Crippen LogP contribution in [0.5, 0.6) is 0 Å². The molecule has 4 nitrogen and oxygen atoms in total. The van der Waals surface area contributed by atoms with Gasteiger partial charge in [-0.05, 0) is 35.2 Å². The summed E-state index contributed by atoms with van der Waals surface area (Å²) in [6.45, 7) is 3.52. The molecule has 0 bridgehead atoms. The Morgan fingerprint density at radius 2 is 2.29 bits per heavy atom. The van der Waals surface area contributed by atoms with Gasteiger partial charge in [0, 0.05) is 13.1 Å². The van der Waals surface area contributed by atoms with E-state index < -0.39 is 11.4 Å². The Hall–Kier alpha value is -0.620. The molecule has 0 aromatic carbocycles. The first kappa shape index (κ1) is 12.8.